The van der Waals surface area contributed by atoms with Gasteiger partial charge >= 0.3 is 0 Å². The van der Waals surface area contributed by atoms with Crippen molar-refractivity contribution in [1.82, 2.24) is 9.13 Å². The lowest BCUT2D eigenvalue weighted by Crippen LogP contribution is -2.61. The van der Waals surface area contributed by atoms with E-state index in [1.54, 1.807) is 0 Å². The monoisotopic (exact) mass is 913 g/mol. The van der Waals surface area contributed by atoms with E-state index in [0.29, 0.717) is 0 Å². The van der Waals surface area contributed by atoms with E-state index in [9.17, 15) is 0 Å². The van der Waals surface area contributed by atoms with E-state index >= 15 is 0 Å². The Morgan fingerprint density at radius 1 is 0.457 bits per heavy atom. The number of hydrogen-bond donors (Lipinski definition) is 0. The second kappa shape index (κ2) is 13.6. The minimum Gasteiger partial charge on any atom is -0.458 e. The lowest BCUT2D eigenvalue weighted by Gasteiger charge is -2.41. The fraction of sp³-hybridized carbons (Fsp3) is 0.111. The van der Waals surface area contributed by atoms with Crippen LogP contribution >= 0.6 is 11.8 Å². The minimum atomic E-state index is -0.100. The Kier molecular flexibility index (Phi) is 7.62. The Bertz CT molecular complexity index is 4090. The Labute approximate surface area is 412 Å². The smallest absolute Gasteiger partial charge is 0.255 e. The third-order valence-corrected chi connectivity index (χ3v) is 18.8. The molecule has 0 spiro atoms. The fourth-order valence-electron chi connectivity index (χ4n) is 13.5. The molecule has 0 bridgehead atoms. The van der Waals surface area contributed by atoms with E-state index in [4.69, 9.17) is 4.74 Å². The van der Waals surface area contributed by atoms with Crippen molar-refractivity contribution in [2.45, 2.75) is 38.9 Å². The second-order valence-corrected chi connectivity index (χ2v) is 22.8. The number of rotatable bonds is 3. The first kappa shape index (κ1) is 39.3. The van der Waals surface area contributed by atoms with Crippen LogP contribution in [0.5, 0.6) is 11.5 Å². The maximum absolute atomic E-state index is 7.49. The summed E-state index contributed by atoms with van der Waals surface area (Å²) in [7, 11) is 0. The van der Waals surface area contributed by atoms with Gasteiger partial charge in [0.1, 0.15) is 11.5 Å². The van der Waals surface area contributed by atoms with Crippen molar-refractivity contribution in [2.24, 2.45) is 5.41 Å². The summed E-state index contributed by atoms with van der Waals surface area (Å²) in [4.78, 5) is 4.05. The number of fused-ring (bicyclic) bond motifs is 14. The molecule has 9 aromatic carbocycles. The van der Waals surface area contributed by atoms with Gasteiger partial charge in [0, 0.05) is 66.6 Å². The summed E-state index contributed by atoms with van der Waals surface area (Å²) in [5, 5.41) is 5.05. The molecule has 2 aromatic heterocycles. The van der Waals surface area contributed by atoms with Crippen LogP contribution in [0.15, 0.2) is 193 Å². The Balaban J connectivity index is 0.974. The van der Waals surface area contributed by atoms with Gasteiger partial charge < -0.3 is 18.8 Å². The molecule has 4 nitrogen and oxygen atoms in total. The van der Waals surface area contributed by atoms with Crippen LogP contribution in [0, 0.1) is 5.41 Å². The normalized spacial score (nSPS) is 16.4. The first-order valence-electron chi connectivity index (χ1n) is 24.8. The molecule has 0 saturated heterocycles. The maximum Gasteiger partial charge on any atom is 0.255 e. The summed E-state index contributed by atoms with van der Waals surface area (Å²) in [5.74, 6) is 1.87. The van der Waals surface area contributed by atoms with E-state index in [-0.39, 0.29) is 23.6 Å². The molecule has 0 radical (unpaired) electrons. The fourth-order valence-corrected chi connectivity index (χ4v) is 15.2. The topological polar surface area (TPSA) is 22.3 Å². The number of benzene rings is 9. The molecule has 0 atom stereocenters. The van der Waals surface area contributed by atoms with Crippen molar-refractivity contribution in [3.05, 3.63) is 210 Å². The summed E-state index contributed by atoms with van der Waals surface area (Å²) in [6.45, 7) is 9.99. The second-order valence-electron chi connectivity index (χ2n) is 21.1. The van der Waals surface area contributed by atoms with Crippen molar-refractivity contribution >= 4 is 119 Å². The van der Waals surface area contributed by atoms with Crippen LogP contribution in [0.1, 0.15) is 44.4 Å². The molecular weight excluding hydrogens is 868 g/mol. The Hall–Kier alpha value is -7.60. The molecule has 330 valence electrons. The van der Waals surface area contributed by atoms with Crippen LogP contribution in [-0.4, -0.2) is 27.3 Å². The lowest BCUT2D eigenvalue weighted by atomic mass is 9.31. The predicted octanol–water partition coefficient (Wildman–Crippen LogP) is 12.6. The van der Waals surface area contributed by atoms with Gasteiger partial charge in [-0.05, 0) is 124 Å². The molecule has 0 N–H and O–H groups in total. The van der Waals surface area contributed by atoms with Crippen LogP contribution in [0.4, 0.5) is 17.1 Å². The zero-order chi connectivity index (χ0) is 46.4. The van der Waals surface area contributed by atoms with Gasteiger partial charge in [0.15, 0.2) is 0 Å². The average molecular weight is 914 g/mol. The molecule has 16 rings (SSSR count). The molecule has 0 amide bonds. The molecule has 70 heavy (non-hydrogen) atoms. The summed E-state index contributed by atoms with van der Waals surface area (Å²) in [5.41, 5.74) is 22.9. The number of hydrogen-bond acceptors (Lipinski definition) is 3. The quantitative estimate of drug-likeness (QED) is 0.165. The largest absolute Gasteiger partial charge is 0.458 e. The average Bonchev–Trinajstić information content (AvgIpc) is 4.07. The van der Waals surface area contributed by atoms with Crippen molar-refractivity contribution in [3.8, 4) is 22.9 Å². The number of anilines is 3. The van der Waals surface area contributed by atoms with E-state index in [2.05, 4.69) is 242 Å². The number of allylic oxidation sites excluding steroid dienone is 1. The SMILES string of the molecule is CC1(C)SC2=C(c3cc(-n4c5ccccc5c5ccccc54)cc4c3B2c2cc3c(cc2N4c2ccccc2)Oc2cc(-n4c5ccccc5c5ccccc54)cc4c2B3c2ccccc2C4)C1(C)C. The zero-order valence-electron chi connectivity index (χ0n) is 39.4. The number of thioether (sulfide) groups is 1. The number of para-hydroxylation sites is 5. The molecule has 7 heteroatoms. The van der Waals surface area contributed by atoms with Crippen LogP contribution in [-0.2, 0) is 6.42 Å². The molecular formula is C63H45B2N3OS. The van der Waals surface area contributed by atoms with E-state index in [1.165, 1.54) is 115 Å². The summed E-state index contributed by atoms with van der Waals surface area (Å²) >= 11 is 2.10. The number of ether oxygens (including phenoxy) is 1. The van der Waals surface area contributed by atoms with Gasteiger partial charge in [-0.1, -0.05) is 141 Å². The summed E-state index contributed by atoms with van der Waals surface area (Å²) in [6, 6.07) is 70.4. The van der Waals surface area contributed by atoms with Crippen molar-refractivity contribution in [2.75, 3.05) is 4.90 Å². The highest BCUT2D eigenvalue weighted by molar-refractivity contribution is 8.07. The van der Waals surface area contributed by atoms with E-state index < -0.39 is 0 Å². The predicted molar refractivity (Wildman–Crippen MR) is 298 cm³/mol. The van der Waals surface area contributed by atoms with Gasteiger partial charge in [-0.25, -0.2) is 0 Å². The molecule has 5 aliphatic rings. The van der Waals surface area contributed by atoms with Gasteiger partial charge in [-0.15, -0.1) is 11.8 Å². The summed E-state index contributed by atoms with van der Waals surface area (Å²) in [6.07, 6.45) is 0.857. The van der Waals surface area contributed by atoms with Crippen molar-refractivity contribution in [3.63, 3.8) is 0 Å². The third-order valence-electron chi connectivity index (χ3n) is 17.1. The zero-order valence-corrected chi connectivity index (χ0v) is 40.2. The molecule has 0 unspecified atom stereocenters. The maximum atomic E-state index is 7.49. The van der Waals surface area contributed by atoms with Gasteiger partial charge in [0.2, 0.25) is 0 Å². The highest BCUT2D eigenvalue weighted by Crippen LogP contribution is 2.64. The van der Waals surface area contributed by atoms with Crippen LogP contribution in [0.2, 0.25) is 0 Å². The van der Waals surface area contributed by atoms with E-state index in [0.717, 1.165) is 29.3 Å². The molecule has 0 aliphatic carbocycles. The number of aromatic nitrogens is 2. The van der Waals surface area contributed by atoms with Crippen LogP contribution in [0.25, 0.3) is 60.6 Å². The van der Waals surface area contributed by atoms with Gasteiger partial charge in [0.05, 0.1) is 27.8 Å². The van der Waals surface area contributed by atoms with Gasteiger partial charge in [-0.3, -0.25) is 0 Å². The van der Waals surface area contributed by atoms with Crippen LogP contribution < -0.4 is 37.0 Å². The van der Waals surface area contributed by atoms with Crippen molar-refractivity contribution < 1.29 is 4.74 Å². The highest BCUT2D eigenvalue weighted by Gasteiger charge is 2.57. The van der Waals surface area contributed by atoms with E-state index in [1.807, 2.05) is 0 Å². The Morgan fingerprint density at radius 3 is 1.67 bits per heavy atom. The first-order valence-corrected chi connectivity index (χ1v) is 25.6. The lowest BCUT2D eigenvalue weighted by molar-refractivity contribution is 0.397. The van der Waals surface area contributed by atoms with Crippen LogP contribution in [0.3, 0.4) is 0 Å². The highest BCUT2D eigenvalue weighted by atomic mass is 32.2. The molecule has 0 fully saturated rings. The Morgan fingerprint density at radius 2 is 1.03 bits per heavy atom. The van der Waals surface area contributed by atoms with Crippen molar-refractivity contribution in [1.29, 1.82) is 0 Å². The molecule has 7 heterocycles. The van der Waals surface area contributed by atoms with Gasteiger partial charge in [0.25, 0.3) is 13.4 Å². The first-order chi connectivity index (χ1) is 34.2. The molecule has 5 aliphatic heterocycles. The third kappa shape index (κ3) is 4.95. The molecule has 11 aromatic rings. The van der Waals surface area contributed by atoms with Gasteiger partial charge in [-0.2, -0.15) is 0 Å². The molecule has 0 saturated carbocycles. The minimum absolute atomic E-state index is 0.0172. The standard InChI is InChI=1S/C63H45B2N3OS/c1-62(2)58-46-32-41(68-52-28-16-11-23-44(52)45-24-12-17-29-53(45)68)33-55-60(46)65(61(58)70-63(62,3)4)48-35-49-56(36-54(48)66(55)39-19-6-5-7-20-39)69-57-34-40(31-38-30-37-18-8-13-25-47(37)64(49)59(38)57)67-50-26-14-9-21-42(50)43-22-10-15-27-51(43)67/h5-29,31-36H,30H2,1-4H3. The summed E-state index contributed by atoms with van der Waals surface area (Å²) < 4.78 is 12.4. The number of nitrogens with zero attached hydrogens (tertiary/aromatic N) is 3.